The van der Waals surface area contributed by atoms with Crippen LogP contribution >= 0.6 is 0 Å². The Kier molecular flexibility index (Phi) is 4.18. The molecule has 3 aliphatic carbocycles. The van der Waals surface area contributed by atoms with Gasteiger partial charge in [0.15, 0.2) is 0 Å². The number of benzene rings is 1. The Bertz CT molecular complexity index is 896. The van der Waals surface area contributed by atoms with Crippen molar-refractivity contribution in [3.05, 3.63) is 59.4 Å². The molecule has 1 aromatic heterocycles. The number of ether oxygens (including phenoxy) is 1. The van der Waals surface area contributed by atoms with E-state index in [0.29, 0.717) is 29.1 Å². The van der Waals surface area contributed by atoms with Gasteiger partial charge in [0.05, 0.1) is 5.56 Å². The number of aromatic nitrogens is 1. The van der Waals surface area contributed by atoms with Crippen LogP contribution in [-0.2, 0) is 11.2 Å². The lowest BCUT2D eigenvalue weighted by Crippen LogP contribution is -2.45. The lowest BCUT2D eigenvalue weighted by atomic mass is 9.55. The highest BCUT2D eigenvalue weighted by molar-refractivity contribution is 5.89. The first-order valence-corrected chi connectivity index (χ1v) is 10.5. The second-order valence-electron chi connectivity index (χ2n) is 9.06. The molecule has 2 fully saturated rings. The van der Waals surface area contributed by atoms with Crippen LogP contribution in [0.5, 0.6) is 5.75 Å². The molecule has 4 nitrogen and oxygen atoms in total. The van der Waals surface area contributed by atoms with Crippen molar-refractivity contribution in [2.45, 2.75) is 57.5 Å². The van der Waals surface area contributed by atoms with E-state index in [1.165, 1.54) is 17.5 Å². The molecule has 146 valence electrons. The Morgan fingerprint density at radius 3 is 2.93 bits per heavy atom. The third kappa shape index (κ3) is 2.73. The normalized spacial score (nSPS) is 33.5. The Labute approximate surface area is 166 Å². The summed E-state index contributed by atoms with van der Waals surface area (Å²) < 4.78 is 6.02. The molecule has 1 aromatic carbocycles. The number of pyridine rings is 1. The highest BCUT2D eigenvalue weighted by Crippen LogP contribution is 2.61. The third-order valence-corrected chi connectivity index (χ3v) is 7.77. The fourth-order valence-electron chi connectivity index (χ4n) is 6.40. The van der Waals surface area contributed by atoms with Gasteiger partial charge in [-0.25, -0.2) is 4.79 Å². The van der Waals surface area contributed by atoms with Crippen molar-refractivity contribution in [1.82, 2.24) is 4.98 Å². The minimum atomic E-state index is -0.244. The molecule has 0 aliphatic heterocycles. The summed E-state index contributed by atoms with van der Waals surface area (Å²) in [4.78, 5) is 16.7. The van der Waals surface area contributed by atoms with Gasteiger partial charge in [0.1, 0.15) is 11.9 Å². The van der Waals surface area contributed by atoms with Crippen LogP contribution in [0.15, 0.2) is 42.7 Å². The highest BCUT2D eigenvalue weighted by atomic mass is 16.5. The first kappa shape index (κ1) is 17.7. The number of carbonyl (C=O) groups is 1. The number of fused-ring (bicyclic) bond motifs is 5. The molecule has 5 atom stereocenters. The fraction of sp³-hybridized carbons (Fsp3) is 0.500. The van der Waals surface area contributed by atoms with E-state index < -0.39 is 0 Å². The summed E-state index contributed by atoms with van der Waals surface area (Å²) in [6, 6.07) is 9.47. The zero-order valence-corrected chi connectivity index (χ0v) is 16.3. The Morgan fingerprint density at radius 2 is 2.11 bits per heavy atom. The number of aryl methyl sites for hydroxylation is 1. The average Bonchev–Trinajstić information content (AvgIpc) is 3.04. The molecule has 28 heavy (non-hydrogen) atoms. The molecule has 1 unspecified atom stereocenters. The SMILES string of the molecule is C[C@]12CC[C@@H]3c4ccc(O)cc4CC[C@H]3[C@@H]1CCC2OC(=O)c1cccnc1. The number of hydrogen-bond acceptors (Lipinski definition) is 4. The molecule has 5 rings (SSSR count). The topological polar surface area (TPSA) is 59.4 Å². The summed E-state index contributed by atoms with van der Waals surface area (Å²) >= 11 is 0. The molecule has 2 aromatic rings. The van der Waals surface area contributed by atoms with E-state index in [-0.39, 0.29) is 17.5 Å². The van der Waals surface area contributed by atoms with E-state index in [9.17, 15) is 9.90 Å². The van der Waals surface area contributed by atoms with Crippen LogP contribution in [-0.4, -0.2) is 22.2 Å². The summed E-state index contributed by atoms with van der Waals surface area (Å²) in [7, 11) is 0. The maximum atomic E-state index is 12.6. The third-order valence-electron chi connectivity index (χ3n) is 7.77. The zero-order valence-electron chi connectivity index (χ0n) is 16.3. The predicted octanol–water partition coefficient (Wildman–Crippen LogP) is 4.87. The molecule has 0 amide bonds. The fourth-order valence-corrected chi connectivity index (χ4v) is 6.40. The summed E-state index contributed by atoms with van der Waals surface area (Å²) in [6.45, 7) is 2.34. The summed E-state index contributed by atoms with van der Waals surface area (Å²) in [5, 5.41) is 9.84. The van der Waals surface area contributed by atoms with E-state index in [0.717, 1.165) is 32.1 Å². The summed E-state index contributed by atoms with van der Waals surface area (Å²) in [6.07, 6.45) is 9.78. The summed E-state index contributed by atoms with van der Waals surface area (Å²) in [5.74, 6) is 1.96. The van der Waals surface area contributed by atoms with Gasteiger partial charge in [0.25, 0.3) is 0 Å². The van der Waals surface area contributed by atoms with E-state index in [4.69, 9.17) is 4.74 Å². The molecule has 0 bridgehead atoms. The number of hydrogen-bond donors (Lipinski definition) is 1. The monoisotopic (exact) mass is 377 g/mol. The smallest absolute Gasteiger partial charge is 0.339 e. The Hall–Kier alpha value is -2.36. The number of nitrogens with zero attached hydrogens (tertiary/aromatic N) is 1. The molecule has 0 spiro atoms. The first-order valence-electron chi connectivity index (χ1n) is 10.5. The van der Waals surface area contributed by atoms with Crippen molar-refractivity contribution in [2.75, 3.05) is 0 Å². The number of aromatic hydroxyl groups is 1. The minimum Gasteiger partial charge on any atom is -0.508 e. The van der Waals surface area contributed by atoms with Crippen molar-refractivity contribution in [2.24, 2.45) is 17.3 Å². The van der Waals surface area contributed by atoms with Crippen LogP contribution in [0.3, 0.4) is 0 Å². The number of carbonyl (C=O) groups excluding carboxylic acids is 1. The molecular weight excluding hydrogens is 350 g/mol. The van der Waals surface area contributed by atoms with Gasteiger partial charge in [0.2, 0.25) is 0 Å². The van der Waals surface area contributed by atoms with Gasteiger partial charge >= 0.3 is 5.97 Å². The van der Waals surface area contributed by atoms with Crippen LogP contribution in [0, 0.1) is 17.3 Å². The Balaban J connectivity index is 1.37. The van der Waals surface area contributed by atoms with Crippen LogP contribution < -0.4 is 0 Å². The molecule has 0 radical (unpaired) electrons. The quantitative estimate of drug-likeness (QED) is 0.759. The lowest BCUT2D eigenvalue weighted by Gasteiger charge is -2.50. The largest absolute Gasteiger partial charge is 0.508 e. The maximum Gasteiger partial charge on any atom is 0.339 e. The van der Waals surface area contributed by atoms with Crippen LogP contribution in [0.25, 0.3) is 0 Å². The molecule has 0 saturated heterocycles. The second kappa shape index (κ2) is 6.61. The molecule has 1 heterocycles. The number of rotatable bonds is 2. The molecule has 4 heteroatoms. The van der Waals surface area contributed by atoms with Gasteiger partial charge in [-0.3, -0.25) is 4.98 Å². The first-order chi connectivity index (χ1) is 13.6. The molecular formula is C24H27NO3. The minimum absolute atomic E-state index is 0.00706. The van der Waals surface area contributed by atoms with Gasteiger partial charge in [-0.2, -0.15) is 0 Å². The van der Waals surface area contributed by atoms with Crippen molar-refractivity contribution < 1.29 is 14.6 Å². The zero-order chi connectivity index (χ0) is 19.3. The van der Waals surface area contributed by atoms with Gasteiger partial charge in [0, 0.05) is 17.8 Å². The average molecular weight is 377 g/mol. The molecule has 3 aliphatic rings. The van der Waals surface area contributed by atoms with E-state index in [1.54, 1.807) is 24.5 Å². The van der Waals surface area contributed by atoms with E-state index in [2.05, 4.69) is 18.0 Å². The number of esters is 1. The van der Waals surface area contributed by atoms with Gasteiger partial charge < -0.3 is 9.84 Å². The van der Waals surface area contributed by atoms with Crippen molar-refractivity contribution in [3.63, 3.8) is 0 Å². The predicted molar refractivity (Wildman–Crippen MR) is 106 cm³/mol. The van der Waals surface area contributed by atoms with Gasteiger partial charge in [-0.1, -0.05) is 13.0 Å². The number of phenolic OH excluding ortho intramolecular Hbond substituents is 1. The van der Waals surface area contributed by atoms with Crippen LogP contribution in [0.4, 0.5) is 0 Å². The molecule has 2 saturated carbocycles. The van der Waals surface area contributed by atoms with Crippen molar-refractivity contribution >= 4 is 5.97 Å². The Morgan fingerprint density at radius 1 is 1.21 bits per heavy atom. The maximum absolute atomic E-state index is 12.6. The van der Waals surface area contributed by atoms with E-state index in [1.807, 2.05) is 12.1 Å². The van der Waals surface area contributed by atoms with Gasteiger partial charge in [-0.15, -0.1) is 0 Å². The summed E-state index contributed by atoms with van der Waals surface area (Å²) in [5.41, 5.74) is 3.36. The standard InChI is InChI=1S/C24H27NO3/c1-24-11-10-19-18-7-5-17(26)13-15(18)4-6-20(19)21(24)8-9-22(24)28-23(27)16-3-2-12-25-14-16/h2-3,5,7,12-14,19-22,26H,4,6,8-11H2,1H3/t19-,20-,21+,22?,24+/m1/s1. The van der Waals surface area contributed by atoms with E-state index >= 15 is 0 Å². The number of phenols is 1. The van der Waals surface area contributed by atoms with Crippen molar-refractivity contribution in [1.29, 1.82) is 0 Å². The lowest BCUT2D eigenvalue weighted by molar-refractivity contribution is -0.0428. The highest BCUT2D eigenvalue weighted by Gasteiger charge is 2.56. The van der Waals surface area contributed by atoms with Crippen LogP contribution in [0.2, 0.25) is 0 Å². The molecule has 1 N–H and O–H groups in total. The van der Waals surface area contributed by atoms with Crippen molar-refractivity contribution in [3.8, 4) is 5.75 Å². The van der Waals surface area contributed by atoms with Crippen LogP contribution in [0.1, 0.15) is 66.4 Å². The van der Waals surface area contributed by atoms with Gasteiger partial charge in [-0.05, 0) is 91.7 Å². The second-order valence-corrected chi connectivity index (χ2v) is 9.06.